The fourth-order valence-electron chi connectivity index (χ4n) is 1.72. The molecule has 18 heavy (non-hydrogen) atoms. The van der Waals surface area contributed by atoms with E-state index in [9.17, 15) is 14.9 Å². The molecule has 0 radical (unpaired) electrons. The van der Waals surface area contributed by atoms with Crippen LogP contribution in [0.5, 0.6) is 0 Å². The third-order valence-corrected chi connectivity index (χ3v) is 2.45. The SMILES string of the molecule is CNCc1ccc([N+](=O)[O-])c(C(C)OC(C)=O)c1. The zero-order chi connectivity index (χ0) is 13.7. The smallest absolute Gasteiger partial charge is 0.303 e. The number of nitro groups is 1. The quantitative estimate of drug-likeness (QED) is 0.492. The lowest BCUT2D eigenvalue weighted by Crippen LogP contribution is -2.10. The van der Waals surface area contributed by atoms with E-state index in [-0.39, 0.29) is 5.69 Å². The van der Waals surface area contributed by atoms with Crippen molar-refractivity contribution in [2.45, 2.75) is 26.5 Å². The molecular weight excluding hydrogens is 236 g/mol. The minimum Gasteiger partial charge on any atom is -0.458 e. The summed E-state index contributed by atoms with van der Waals surface area (Å²) in [6.45, 7) is 3.49. The molecule has 0 heterocycles. The van der Waals surface area contributed by atoms with Gasteiger partial charge in [0.15, 0.2) is 0 Å². The third kappa shape index (κ3) is 3.53. The number of ether oxygens (including phenoxy) is 1. The van der Waals surface area contributed by atoms with Gasteiger partial charge in [0.05, 0.1) is 10.5 Å². The molecule has 98 valence electrons. The largest absolute Gasteiger partial charge is 0.458 e. The molecule has 1 aromatic rings. The summed E-state index contributed by atoms with van der Waals surface area (Å²) < 4.78 is 5.00. The van der Waals surface area contributed by atoms with Crippen LogP contribution in [0.1, 0.15) is 31.1 Å². The van der Waals surface area contributed by atoms with Crippen LogP contribution in [0.3, 0.4) is 0 Å². The molecule has 1 aromatic carbocycles. The fraction of sp³-hybridized carbons (Fsp3) is 0.417. The van der Waals surface area contributed by atoms with Crippen molar-refractivity contribution < 1.29 is 14.5 Å². The predicted molar refractivity (Wildman–Crippen MR) is 66.0 cm³/mol. The first-order valence-corrected chi connectivity index (χ1v) is 5.54. The molecule has 0 aromatic heterocycles. The summed E-state index contributed by atoms with van der Waals surface area (Å²) in [5.74, 6) is -0.462. The molecule has 0 aliphatic carbocycles. The van der Waals surface area contributed by atoms with Crippen molar-refractivity contribution in [2.75, 3.05) is 7.05 Å². The number of rotatable bonds is 5. The number of nitrogens with zero attached hydrogens (tertiary/aromatic N) is 1. The number of hydrogen-bond acceptors (Lipinski definition) is 5. The second-order valence-corrected chi connectivity index (χ2v) is 3.93. The Hall–Kier alpha value is -1.95. The number of hydrogen-bond donors (Lipinski definition) is 1. The summed E-state index contributed by atoms with van der Waals surface area (Å²) in [5, 5.41) is 13.9. The Balaban J connectivity index is 3.13. The number of nitrogens with one attached hydrogen (secondary N) is 1. The maximum absolute atomic E-state index is 10.9. The van der Waals surface area contributed by atoms with Gasteiger partial charge in [0, 0.05) is 19.5 Å². The summed E-state index contributed by atoms with van der Waals surface area (Å²) in [7, 11) is 1.79. The van der Waals surface area contributed by atoms with Gasteiger partial charge in [0.1, 0.15) is 6.10 Å². The van der Waals surface area contributed by atoms with Gasteiger partial charge in [-0.25, -0.2) is 0 Å². The lowest BCUT2D eigenvalue weighted by molar-refractivity contribution is -0.386. The van der Waals surface area contributed by atoms with Gasteiger partial charge in [-0.3, -0.25) is 14.9 Å². The second-order valence-electron chi connectivity index (χ2n) is 3.93. The normalized spacial score (nSPS) is 11.9. The van der Waals surface area contributed by atoms with Gasteiger partial charge in [0.2, 0.25) is 0 Å². The van der Waals surface area contributed by atoms with E-state index in [2.05, 4.69) is 5.32 Å². The van der Waals surface area contributed by atoms with Crippen LogP contribution in [-0.2, 0) is 16.1 Å². The number of nitro benzene ring substituents is 1. The summed E-state index contributed by atoms with van der Waals surface area (Å²) >= 11 is 0. The van der Waals surface area contributed by atoms with Gasteiger partial charge >= 0.3 is 5.97 Å². The van der Waals surface area contributed by atoms with Gasteiger partial charge < -0.3 is 10.1 Å². The lowest BCUT2D eigenvalue weighted by Gasteiger charge is -2.13. The van der Waals surface area contributed by atoms with E-state index in [0.29, 0.717) is 12.1 Å². The Kier molecular flexibility index (Phi) is 4.79. The topological polar surface area (TPSA) is 81.5 Å². The van der Waals surface area contributed by atoms with Gasteiger partial charge in [-0.1, -0.05) is 6.07 Å². The van der Waals surface area contributed by atoms with Crippen LogP contribution in [0.4, 0.5) is 5.69 Å². The first kappa shape index (κ1) is 14.1. The van der Waals surface area contributed by atoms with Crippen molar-refractivity contribution in [1.82, 2.24) is 5.32 Å². The monoisotopic (exact) mass is 252 g/mol. The highest BCUT2D eigenvalue weighted by atomic mass is 16.6. The minimum atomic E-state index is -0.639. The lowest BCUT2D eigenvalue weighted by atomic mass is 10.0. The van der Waals surface area contributed by atoms with E-state index >= 15 is 0 Å². The molecule has 0 aliphatic rings. The highest BCUT2D eigenvalue weighted by molar-refractivity contribution is 5.66. The van der Waals surface area contributed by atoms with Crippen LogP contribution in [0, 0.1) is 10.1 Å². The highest BCUT2D eigenvalue weighted by Crippen LogP contribution is 2.28. The van der Waals surface area contributed by atoms with E-state index < -0.39 is 17.0 Å². The van der Waals surface area contributed by atoms with Gasteiger partial charge in [-0.15, -0.1) is 0 Å². The second kappa shape index (κ2) is 6.11. The molecule has 0 bridgehead atoms. The van der Waals surface area contributed by atoms with Crippen LogP contribution < -0.4 is 5.32 Å². The first-order chi connectivity index (χ1) is 8.45. The number of carbonyl (C=O) groups is 1. The summed E-state index contributed by atoms with van der Waals surface area (Å²) in [6, 6.07) is 4.79. The third-order valence-electron chi connectivity index (χ3n) is 2.45. The summed E-state index contributed by atoms with van der Waals surface area (Å²) in [6.07, 6.45) is -0.639. The number of esters is 1. The Morgan fingerprint density at radius 2 is 2.22 bits per heavy atom. The minimum absolute atomic E-state index is 0.0383. The zero-order valence-corrected chi connectivity index (χ0v) is 10.6. The standard InChI is InChI=1S/C12H16N2O4/c1-8(18-9(2)15)11-6-10(7-13-3)4-5-12(11)14(16)17/h4-6,8,13H,7H2,1-3H3. The zero-order valence-electron chi connectivity index (χ0n) is 10.6. The Morgan fingerprint density at radius 1 is 1.56 bits per heavy atom. The van der Waals surface area contributed by atoms with Crippen molar-refractivity contribution in [1.29, 1.82) is 0 Å². The van der Waals surface area contributed by atoms with E-state index in [1.807, 2.05) is 0 Å². The van der Waals surface area contributed by atoms with Crippen molar-refractivity contribution in [3.63, 3.8) is 0 Å². The number of benzene rings is 1. The van der Waals surface area contributed by atoms with Gasteiger partial charge in [0.25, 0.3) is 5.69 Å². The van der Waals surface area contributed by atoms with Crippen molar-refractivity contribution in [3.05, 3.63) is 39.4 Å². The molecule has 1 N–H and O–H groups in total. The average Bonchev–Trinajstić information content (AvgIpc) is 2.28. The van der Waals surface area contributed by atoms with E-state index in [0.717, 1.165) is 5.56 Å². The fourth-order valence-corrected chi connectivity index (χ4v) is 1.72. The maximum atomic E-state index is 10.9. The molecular formula is C12H16N2O4. The molecule has 0 fully saturated rings. The molecule has 1 rings (SSSR count). The van der Waals surface area contributed by atoms with Crippen LogP contribution >= 0.6 is 0 Å². The molecule has 0 saturated carbocycles. The van der Waals surface area contributed by atoms with Crippen LogP contribution in [-0.4, -0.2) is 17.9 Å². The molecule has 0 aliphatic heterocycles. The van der Waals surface area contributed by atoms with Gasteiger partial charge in [-0.2, -0.15) is 0 Å². The summed E-state index contributed by atoms with van der Waals surface area (Å²) in [4.78, 5) is 21.4. The molecule has 1 unspecified atom stereocenters. The van der Waals surface area contributed by atoms with E-state index in [4.69, 9.17) is 4.74 Å². The molecule has 0 amide bonds. The predicted octanol–water partition coefficient (Wildman–Crippen LogP) is 1.94. The van der Waals surface area contributed by atoms with Crippen molar-refractivity contribution >= 4 is 11.7 Å². The van der Waals surface area contributed by atoms with Crippen LogP contribution in [0.2, 0.25) is 0 Å². The Morgan fingerprint density at radius 3 is 2.72 bits per heavy atom. The van der Waals surface area contributed by atoms with Crippen molar-refractivity contribution in [3.8, 4) is 0 Å². The number of carbonyl (C=O) groups excluding carboxylic acids is 1. The maximum Gasteiger partial charge on any atom is 0.303 e. The van der Waals surface area contributed by atoms with Crippen molar-refractivity contribution in [2.24, 2.45) is 0 Å². The molecule has 0 spiro atoms. The molecule has 6 heteroatoms. The summed E-state index contributed by atoms with van der Waals surface area (Å²) in [5.41, 5.74) is 1.27. The van der Waals surface area contributed by atoms with Crippen LogP contribution in [0.15, 0.2) is 18.2 Å². The molecule has 6 nitrogen and oxygen atoms in total. The molecule has 0 saturated heterocycles. The van der Waals surface area contributed by atoms with E-state index in [1.165, 1.54) is 13.0 Å². The van der Waals surface area contributed by atoms with Gasteiger partial charge in [-0.05, 0) is 25.6 Å². The van der Waals surface area contributed by atoms with Crippen LogP contribution in [0.25, 0.3) is 0 Å². The highest BCUT2D eigenvalue weighted by Gasteiger charge is 2.21. The Labute approximate surface area is 105 Å². The first-order valence-electron chi connectivity index (χ1n) is 5.54. The average molecular weight is 252 g/mol. The van der Waals surface area contributed by atoms with E-state index in [1.54, 1.807) is 26.1 Å². The Bertz CT molecular complexity index is 459. The molecule has 1 atom stereocenters.